The van der Waals surface area contributed by atoms with Gasteiger partial charge in [-0.15, -0.1) is 0 Å². The Balaban J connectivity index is 1.59. The van der Waals surface area contributed by atoms with Crippen molar-refractivity contribution in [3.63, 3.8) is 0 Å². The maximum Gasteiger partial charge on any atom is 0.258 e. The fraction of sp³-hybridized carbons (Fsp3) is 0.154. The highest BCUT2D eigenvalue weighted by molar-refractivity contribution is 6.30. The molecule has 0 aliphatic heterocycles. The van der Waals surface area contributed by atoms with Crippen molar-refractivity contribution in [2.45, 2.75) is 26.8 Å². The molecule has 1 N–H and O–H groups in total. The van der Waals surface area contributed by atoms with Gasteiger partial charge in [-0.1, -0.05) is 23.7 Å². The minimum absolute atomic E-state index is 0.0344. The van der Waals surface area contributed by atoms with Gasteiger partial charge in [-0.25, -0.2) is 4.98 Å². The molecule has 0 radical (unpaired) electrons. The Kier molecular flexibility index (Phi) is 7.04. The van der Waals surface area contributed by atoms with Crippen molar-refractivity contribution in [3.05, 3.63) is 105 Å². The first-order valence-electron chi connectivity index (χ1n) is 10.7. The number of hydrogen-bond acceptors (Lipinski definition) is 6. The van der Waals surface area contributed by atoms with Gasteiger partial charge in [0.1, 0.15) is 17.3 Å². The molecule has 2 aromatic carbocycles. The van der Waals surface area contributed by atoms with Crippen LogP contribution in [0.1, 0.15) is 23.7 Å². The van der Waals surface area contributed by atoms with E-state index in [0.717, 1.165) is 16.9 Å². The molecule has 0 saturated carbocycles. The number of pyridine rings is 1. The second-order valence-electron chi connectivity index (χ2n) is 7.89. The third kappa shape index (κ3) is 5.88. The zero-order chi connectivity index (χ0) is 24.1. The van der Waals surface area contributed by atoms with Gasteiger partial charge in [-0.3, -0.25) is 19.1 Å². The average Bonchev–Trinajstić information content (AvgIpc) is 2.82. The lowest BCUT2D eigenvalue weighted by molar-refractivity contribution is -0.116. The number of hydrogen-bond donors (Lipinski definition) is 1. The van der Waals surface area contributed by atoms with Crippen LogP contribution in [0.15, 0.2) is 77.9 Å². The van der Waals surface area contributed by atoms with Crippen LogP contribution < -0.4 is 15.6 Å². The maximum atomic E-state index is 13.1. The molecule has 0 saturated heterocycles. The number of halogens is 1. The Labute approximate surface area is 202 Å². The van der Waals surface area contributed by atoms with E-state index < -0.39 is 0 Å². The number of nitrogens with zero attached hydrogens (tertiary/aromatic N) is 3. The topological polar surface area (TPSA) is 86.1 Å². The largest absolute Gasteiger partial charge is 0.456 e. The van der Waals surface area contributed by atoms with Crippen LogP contribution in [0, 0.1) is 6.92 Å². The lowest BCUT2D eigenvalue weighted by Gasteiger charge is -2.15. The quantitative estimate of drug-likeness (QED) is 0.372. The first-order chi connectivity index (χ1) is 16.4. The summed E-state index contributed by atoms with van der Waals surface area (Å²) in [6.07, 6.45) is 3.16. The first-order valence-corrected chi connectivity index (χ1v) is 11.1. The summed E-state index contributed by atoms with van der Waals surface area (Å²) >= 11 is 5.99. The fourth-order valence-corrected chi connectivity index (χ4v) is 3.45. The molecule has 7 nitrogen and oxygen atoms in total. The molecule has 0 unspecified atom stereocenters. The third-order valence-corrected chi connectivity index (χ3v) is 5.29. The van der Waals surface area contributed by atoms with Crippen LogP contribution in [0.25, 0.3) is 0 Å². The van der Waals surface area contributed by atoms with E-state index >= 15 is 0 Å². The Morgan fingerprint density at radius 2 is 1.68 bits per heavy atom. The normalized spacial score (nSPS) is 10.7. The highest BCUT2D eigenvalue weighted by Crippen LogP contribution is 2.24. The molecule has 2 aromatic heterocycles. The van der Waals surface area contributed by atoms with Crippen LogP contribution in [0.5, 0.6) is 11.5 Å². The standard InChI is InChI=1S/C26H23ClN4O3/c1-17-3-10-24(15-28-17)34-23-11-8-22(9-12-23)30-26-29-14-20(13-18(2)32)25(33)31(26)16-19-4-6-21(27)7-5-19/h3-12,14-15H,13,16H2,1-2H3,(H,29,30). The van der Waals surface area contributed by atoms with Gasteiger partial charge in [0.25, 0.3) is 5.56 Å². The van der Waals surface area contributed by atoms with Crippen molar-refractivity contribution in [1.82, 2.24) is 14.5 Å². The molecule has 172 valence electrons. The van der Waals surface area contributed by atoms with Gasteiger partial charge >= 0.3 is 0 Å². The number of aromatic nitrogens is 3. The zero-order valence-electron chi connectivity index (χ0n) is 18.8. The summed E-state index contributed by atoms with van der Waals surface area (Å²) in [4.78, 5) is 33.4. The molecule has 0 atom stereocenters. The number of ketones is 1. The number of carbonyl (C=O) groups is 1. The van der Waals surface area contributed by atoms with Crippen LogP contribution >= 0.6 is 11.6 Å². The molecule has 0 spiro atoms. The van der Waals surface area contributed by atoms with E-state index in [0.29, 0.717) is 28.0 Å². The van der Waals surface area contributed by atoms with E-state index in [1.165, 1.54) is 17.7 Å². The first kappa shape index (κ1) is 23.2. The number of benzene rings is 2. The molecule has 0 aliphatic rings. The number of anilines is 2. The van der Waals surface area contributed by atoms with Gasteiger partial charge in [-0.05, 0) is 67.9 Å². The SMILES string of the molecule is CC(=O)Cc1cnc(Nc2ccc(Oc3ccc(C)nc3)cc2)n(Cc2ccc(Cl)cc2)c1=O. The van der Waals surface area contributed by atoms with E-state index in [4.69, 9.17) is 16.3 Å². The van der Waals surface area contributed by atoms with E-state index in [-0.39, 0.29) is 24.3 Å². The third-order valence-electron chi connectivity index (χ3n) is 5.04. The molecule has 8 heteroatoms. The second kappa shape index (κ2) is 10.3. The van der Waals surface area contributed by atoms with Crippen LogP contribution in [-0.4, -0.2) is 20.3 Å². The van der Waals surface area contributed by atoms with Gasteiger partial charge < -0.3 is 10.1 Å². The fourth-order valence-electron chi connectivity index (χ4n) is 3.33. The number of ether oxygens (including phenoxy) is 1. The molecule has 0 fully saturated rings. The number of aryl methyl sites for hydroxylation is 1. The van der Waals surface area contributed by atoms with Crippen molar-refractivity contribution < 1.29 is 9.53 Å². The monoisotopic (exact) mass is 474 g/mol. The molecule has 4 rings (SSSR count). The Bertz CT molecular complexity index is 1350. The summed E-state index contributed by atoms with van der Waals surface area (Å²) in [7, 11) is 0. The molecular weight excluding hydrogens is 452 g/mol. The van der Waals surface area contributed by atoms with Crippen molar-refractivity contribution in [1.29, 1.82) is 0 Å². The van der Waals surface area contributed by atoms with Crippen molar-refractivity contribution in [2.24, 2.45) is 0 Å². The lowest BCUT2D eigenvalue weighted by Crippen LogP contribution is -2.28. The van der Waals surface area contributed by atoms with E-state index in [2.05, 4.69) is 15.3 Å². The highest BCUT2D eigenvalue weighted by atomic mass is 35.5. The smallest absolute Gasteiger partial charge is 0.258 e. The summed E-state index contributed by atoms with van der Waals surface area (Å²) in [5.41, 5.74) is 2.60. The van der Waals surface area contributed by atoms with Crippen LogP contribution in [-0.2, 0) is 17.8 Å². The van der Waals surface area contributed by atoms with Crippen LogP contribution in [0.4, 0.5) is 11.6 Å². The number of Topliss-reactive ketones (excluding diaryl/α,β-unsaturated/α-hetero) is 1. The minimum Gasteiger partial charge on any atom is -0.456 e. The Hall–Kier alpha value is -3.97. The highest BCUT2D eigenvalue weighted by Gasteiger charge is 2.13. The van der Waals surface area contributed by atoms with Gasteiger partial charge in [0.15, 0.2) is 0 Å². The summed E-state index contributed by atoms with van der Waals surface area (Å²) in [5.74, 6) is 1.56. The second-order valence-corrected chi connectivity index (χ2v) is 8.33. The van der Waals surface area contributed by atoms with Gasteiger partial charge in [-0.2, -0.15) is 0 Å². The predicted octanol–water partition coefficient (Wildman–Crippen LogP) is 5.32. The van der Waals surface area contributed by atoms with E-state index in [1.54, 1.807) is 18.3 Å². The number of nitrogens with one attached hydrogen (secondary N) is 1. The molecular formula is C26H23ClN4O3. The van der Waals surface area contributed by atoms with Gasteiger partial charge in [0.05, 0.1) is 12.7 Å². The molecule has 2 heterocycles. The molecule has 0 aliphatic carbocycles. The van der Waals surface area contributed by atoms with Crippen LogP contribution in [0.3, 0.4) is 0 Å². The van der Waals surface area contributed by atoms with Crippen molar-refractivity contribution >= 4 is 29.0 Å². The van der Waals surface area contributed by atoms with Crippen molar-refractivity contribution in [2.75, 3.05) is 5.32 Å². The molecule has 0 bridgehead atoms. The van der Waals surface area contributed by atoms with E-state index in [9.17, 15) is 9.59 Å². The molecule has 4 aromatic rings. The Morgan fingerprint density at radius 3 is 2.32 bits per heavy atom. The zero-order valence-corrected chi connectivity index (χ0v) is 19.5. The van der Waals surface area contributed by atoms with Gasteiger partial charge in [0.2, 0.25) is 5.95 Å². The summed E-state index contributed by atoms with van der Waals surface area (Å²) in [5, 5.41) is 3.81. The Morgan fingerprint density at radius 1 is 0.971 bits per heavy atom. The average molecular weight is 475 g/mol. The van der Waals surface area contributed by atoms with Crippen molar-refractivity contribution in [3.8, 4) is 11.5 Å². The molecule has 0 amide bonds. The minimum atomic E-state index is -0.269. The number of carbonyl (C=O) groups excluding carboxylic acids is 1. The predicted molar refractivity (Wildman–Crippen MR) is 132 cm³/mol. The number of rotatable bonds is 8. The maximum absolute atomic E-state index is 13.1. The lowest BCUT2D eigenvalue weighted by atomic mass is 10.2. The summed E-state index contributed by atoms with van der Waals surface area (Å²) < 4.78 is 7.34. The van der Waals surface area contributed by atoms with Gasteiger partial charge in [0, 0.05) is 34.6 Å². The molecule has 34 heavy (non-hydrogen) atoms. The summed E-state index contributed by atoms with van der Waals surface area (Å²) in [6, 6.07) is 18.3. The summed E-state index contributed by atoms with van der Waals surface area (Å²) in [6.45, 7) is 3.64. The van der Waals surface area contributed by atoms with Crippen LogP contribution in [0.2, 0.25) is 5.02 Å². The van der Waals surface area contributed by atoms with E-state index in [1.807, 2.05) is 55.5 Å².